The maximum absolute atomic E-state index is 12.4. The molecule has 1 atom stereocenters. The van der Waals surface area contributed by atoms with E-state index >= 15 is 0 Å². The second-order valence-electron chi connectivity index (χ2n) is 7.19. The number of hydrogen-bond acceptors (Lipinski definition) is 3. The largest absolute Gasteiger partial charge is 0.355 e. The first-order valence-corrected chi connectivity index (χ1v) is 11.2. The van der Waals surface area contributed by atoms with Crippen LogP contribution in [0.3, 0.4) is 0 Å². The molecule has 0 radical (unpaired) electrons. The Labute approximate surface area is 193 Å². The molecule has 2 amide bonds. The third-order valence-electron chi connectivity index (χ3n) is 5.04. The van der Waals surface area contributed by atoms with Crippen molar-refractivity contribution in [2.75, 3.05) is 19.6 Å². The van der Waals surface area contributed by atoms with Crippen molar-refractivity contribution >= 4 is 56.7 Å². The monoisotopic (exact) mass is 510 g/mol. The summed E-state index contributed by atoms with van der Waals surface area (Å²) in [5.74, 6) is -2.54. The van der Waals surface area contributed by atoms with Gasteiger partial charge in [-0.2, -0.15) is 0 Å². The van der Waals surface area contributed by atoms with Crippen molar-refractivity contribution < 1.29 is 14.4 Å². The lowest BCUT2D eigenvalue weighted by Crippen LogP contribution is -2.36. The number of halogens is 3. The highest BCUT2D eigenvalue weighted by Crippen LogP contribution is 2.23. The summed E-state index contributed by atoms with van der Waals surface area (Å²) in [7, 11) is 0. The zero-order valence-corrected chi connectivity index (χ0v) is 19.3. The smallest absolute Gasteiger partial charge is 0.290 e. The second kappa shape index (κ2) is 10.4. The van der Waals surface area contributed by atoms with Gasteiger partial charge in [-0.25, -0.2) is 0 Å². The van der Waals surface area contributed by atoms with Crippen LogP contribution in [0.2, 0.25) is 10.0 Å². The van der Waals surface area contributed by atoms with Gasteiger partial charge in [0.25, 0.3) is 5.91 Å². The molecule has 3 rings (SSSR count). The van der Waals surface area contributed by atoms with Crippen LogP contribution in [0.1, 0.15) is 17.5 Å². The molecular weight excluding hydrogens is 491 g/mol. The summed E-state index contributed by atoms with van der Waals surface area (Å²) in [5.41, 5.74) is 2.08. The highest BCUT2D eigenvalue weighted by atomic mass is 79.9. The lowest BCUT2D eigenvalue weighted by atomic mass is 10.1. The standard InChI is InChI=1S/C22H21BrCl2N2O3/c23-16-6-3-14(4-7-16)9-11-27-13-17(20(28)22(27)30)21(29)26-10-1-2-15-5-8-18(24)19(25)12-15/h3-8,12,17H,1-2,9-11,13H2,(H,26,29). The lowest BCUT2D eigenvalue weighted by Gasteiger charge is -2.15. The molecule has 0 aromatic heterocycles. The first kappa shape index (κ1) is 22.8. The van der Waals surface area contributed by atoms with Gasteiger partial charge in [0, 0.05) is 24.1 Å². The molecule has 1 aliphatic rings. The molecule has 0 spiro atoms. The Kier molecular flexibility index (Phi) is 7.92. The van der Waals surface area contributed by atoms with E-state index in [1.807, 2.05) is 30.3 Å². The number of Topliss-reactive ketones (excluding diaryl/α,β-unsaturated/α-hetero) is 1. The fourth-order valence-corrected chi connectivity index (χ4v) is 3.91. The highest BCUT2D eigenvalue weighted by molar-refractivity contribution is 9.10. The molecule has 2 aromatic carbocycles. The number of carbonyl (C=O) groups is 3. The summed E-state index contributed by atoms with van der Waals surface area (Å²) >= 11 is 15.3. The molecule has 158 valence electrons. The van der Waals surface area contributed by atoms with Crippen molar-refractivity contribution in [2.24, 2.45) is 5.92 Å². The van der Waals surface area contributed by atoms with E-state index in [0.717, 1.165) is 15.6 Å². The van der Waals surface area contributed by atoms with Gasteiger partial charge in [0.15, 0.2) is 0 Å². The Morgan fingerprint density at radius 2 is 1.73 bits per heavy atom. The van der Waals surface area contributed by atoms with Crippen molar-refractivity contribution in [3.8, 4) is 0 Å². The van der Waals surface area contributed by atoms with E-state index in [-0.39, 0.29) is 6.54 Å². The average Bonchev–Trinajstić information content (AvgIpc) is 3.02. The van der Waals surface area contributed by atoms with Crippen molar-refractivity contribution in [2.45, 2.75) is 19.3 Å². The van der Waals surface area contributed by atoms with Crippen LogP contribution < -0.4 is 5.32 Å². The molecule has 1 aliphatic heterocycles. The summed E-state index contributed by atoms with van der Waals surface area (Å²) < 4.78 is 0.981. The van der Waals surface area contributed by atoms with Crippen LogP contribution in [0.15, 0.2) is 46.9 Å². The Balaban J connectivity index is 1.44. The first-order chi connectivity index (χ1) is 14.3. The predicted octanol–water partition coefficient (Wildman–Crippen LogP) is 4.07. The van der Waals surface area contributed by atoms with Crippen LogP contribution in [0.25, 0.3) is 0 Å². The Morgan fingerprint density at radius 3 is 2.43 bits per heavy atom. The minimum absolute atomic E-state index is 0.132. The molecule has 0 aliphatic carbocycles. The van der Waals surface area contributed by atoms with E-state index in [9.17, 15) is 14.4 Å². The van der Waals surface area contributed by atoms with E-state index in [4.69, 9.17) is 23.2 Å². The zero-order chi connectivity index (χ0) is 21.7. The number of hydrogen-bond donors (Lipinski definition) is 1. The summed E-state index contributed by atoms with van der Waals surface area (Å²) in [6.07, 6.45) is 2.03. The molecule has 2 aromatic rings. The van der Waals surface area contributed by atoms with Crippen LogP contribution in [-0.4, -0.2) is 42.1 Å². The topological polar surface area (TPSA) is 66.5 Å². The maximum atomic E-state index is 12.4. The van der Waals surface area contributed by atoms with Gasteiger partial charge in [0.05, 0.1) is 10.0 Å². The van der Waals surface area contributed by atoms with Crippen LogP contribution in [0, 0.1) is 5.92 Å². The molecule has 5 nitrogen and oxygen atoms in total. The normalized spacial score (nSPS) is 16.2. The Hall–Kier alpha value is -1.89. The summed E-state index contributed by atoms with van der Waals surface area (Å²) in [4.78, 5) is 38.4. The fourth-order valence-electron chi connectivity index (χ4n) is 3.32. The summed E-state index contributed by atoms with van der Waals surface area (Å²) in [6, 6.07) is 13.2. The molecule has 0 bridgehead atoms. The van der Waals surface area contributed by atoms with Gasteiger partial charge in [-0.15, -0.1) is 0 Å². The molecule has 30 heavy (non-hydrogen) atoms. The molecule has 1 unspecified atom stereocenters. The SMILES string of the molecule is O=C(NCCCc1ccc(Cl)c(Cl)c1)C1CN(CCc2ccc(Br)cc2)C(=O)C1=O. The van der Waals surface area contributed by atoms with Crippen molar-refractivity contribution in [1.29, 1.82) is 0 Å². The van der Waals surface area contributed by atoms with Crippen LogP contribution >= 0.6 is 39.1 Å². The molecule has 1 N–H and O–H groups in total. The minimum Gasteiger partial charge on any atom is -0.355 e. The number of amides is 2. The highest BCUT2D eigenvalue weighted by Gasteiger charge is 2.42. The molecular formula is C22H21BrCl2N2O3. The number of carbonyl (C=O) groups excluding carboxylic acids is 3. The van der Waals surface area contributed by atoms with Crippen molar-refractivity contribution in [1.82, 2.24) is 10.2 Å². The Bertz CT molecular complexity index is 950. The van der Waals surface area contributed by atoms with Crippen LogP contribution in [-0.2, 0) is 27.2 Å². The molecule has 1 saturated heterocycles. The number of nitrogens with zero attached hydrogens (tertiary/aromatic N) is 1. The minimum atomic E-state index is -0.938. The van der Waals surface area contributed by atoms with Gasteiger partial charge in [-0.1, -0.05) is 57.3 Å². The van der Waals surface area contributed by atoms with Gasteiger partial charge in [0.1, 0.15) is 5.92 Å². The maximum Gasteiger partial charge on any atom is 0.290 e. The predicted molar refractivity (Wildman–Crippen MR) is 121 cm³/mol. The van der Waals surface area contributed by atoms with Gasteiger partial charge in [-0.05, 0) is 54.7 Å². The van der Waals surface area contributed by atoms with Gasteiger partial charge >= 0.3 is 0 Å². The number of ketones is 1. The zero-order valence-electron chi connectivity index (χ0n) is 16.2. The summed E-state index contributed by atoms with van der Waals surface area (Å²) in [5, 5.41) is 3.77. The van der Waals surface area contributed by atoms with Gasteiger partial charge in [-0.3, -0.25) is 14.4 Å². The van der Waals surface area contributed by atoms with E-state index in [0.29, 0.717) is 42.4 Å². The van der Waals surface area contributed by atoms with E-state index in [2.05, 4.69) is 21.2 Å². The quantitative estimate of drug-likeness (QED) is 0.330. The van der Waals surface area contributed by atoms with Gasteiger partial charge < -0.3 is 10.2 Å². The number of nitrogens with one attached hydrogen (secondary N) is 1. The lowest BCUT2D eigenvalue weighted by molar-refractivity contribution is -0.142. The third kappa shape index (κ3) is 5.84. The molecule has 8 heteroatoms. The number of aryl methyl sites for hydroxylation is 1. The Morgan fingerprint density at radius 1 is 1.03 bits per heavy atom. The fraction of sp³-hybridized carbons (Fsp3) is 0.318. The van der Waals surface area contributed by atoms with Crippen LogP contribution in [0.5, 0.6) is 0 Å². The van der Waals surface area contributed by atoms with Crippen LogP contribution in [0.4, 0.5) is 0 Å². The second-order valence-corrected chi connectivity index (χ2v) is 8.92. The van der Waals surface area contributed by atoms with Gasteiger partial charge in [0.2, 0.25) is 11.7 Å². The van der Waals surface area contributed by atoms with E-state index in [1.165, 1.54) is 4.90 Å². The number of likely N-dealkylation sites (tertiary alicyclic amines) is 1. The van der Waals surface area contributed by atoms with Crippen molar-refractivity contribution in [3.63, 3.8) is 0 Å². The van der Waals surface area contributed by atoms with E-state index < -0.39 is 23.5 Å². The molecule has 0 saturated carbocycles. The average molecular weight is 512 g/mol. The number of rotatable bonds is 8. The number of benzene rings is 2. The summed E-state index contributed by atoms with van der Waals surface area (Å²) in [6.45, 7) is 0.954. The van der Waals surface area contributed by atoms with Crippen molar-refractivity contribution in [3.05, 3.63) is 68.1 Å². The first-order valence-electron chi connectivity index (χ1n) is 9.64. The molecule has 1 fully saturated rings. The molecule has 1 heterocycles. The van der Waals surface area contributed by atoms with E-state index in [1.54, 1.807) is 12.1 Å². The third-order valence-corrected chi connectivity index (χ3v) is 6.31.